The standard InChI is InChI=1S/C9H15NO3S2/c1-3-10-7-14-9(8(10)2)5-4-6-15(11,12)13/h7H,3-6H2,1-2H3. The fraction of sp³-hybridized carbons (Fsp3) is 0.667. The van der Waals surface area contributed by atoms with Gasteiger partial charge in [-0.1, -0.05) is 11.3 Å². The number of rotatable bonds is 5. The lowest BCUT2D eigenvalue weighted by Gasteiger charge is -2.04. The number of hydrogen-bond donors (Lipinski definition) is 0. The zero-order valence-corrected chi connectivity index (χ0v) is 10.5. The summed E-state index contributed by atoms with van der Waals surface area (Å²) in [6.45, 7) is 4.99. The predicted molar refractivity (Wildman–Crippen MR) is 57.8 cm³/mol. The highest BCUT2D eigenvalue weighted by atomic mass is 32.2. The van der Waals surface area contributed by atoms with Crippen molar-refractivity contribution >= 4 is 21.5 Å². The van der Waals surface area contributed by atoms with Crippen molar-refractivity contribution in [3.63, 3.8) is 0 Å². The minimum absolute atomic E-state index is 0.267. The van der Waals surface area contributed by atoms with E-state index in [1.54, 1.807) is 11.3 Å². The van der Waals surface area contributed by atoms with E-state index in [-0.39, 0.29) is 5.75 Å². The summed E-state index contributed by atoms with van der Waals surface area (Å²) in [5.41, 5.74) is 3.20. The molecule has 0 saturated carbocycles. The van der Waals surface area contributed by atoms with Crippen molar-refractivity contribution in [2.75, 3.05) is 5.75 Å². The molecule has 1 aromatic rings. The molecular weight excluding hydrogens is 234 g/mol. The summed E-state index contributed by atoms with van der Waals surface area (Å²) in [5.74, 6) is -0.267. The molecule has 0 bridgehead atoms. The Morgan fingerprint density at radius 2 is 2.20 bits per heavy atom. The van der Waals surface area contributed by atoms with Crippen LogP contribution in [-0.4, -0.2) is 18.7 Å². The van der Waals surface area contributed by atoms with Crippen molar-refractivity contribution in [1.29, 1.82) is 0 Å². The third-order valence-electron chi connectivity index (χ3n) is 2.30. The number of hydrogen-bond acceptors (Lipinski definition) is 4. The molecule has 0 amide bonds. The molecule has 15 heavy (non-hydrogen) atoms. The maximum atomic E-state index is 10.4. The zero-order chi connectivity index (χ0) is 11.5. The summed E-state index contributed by atoms with van der Waals surface area (Å²) in [6, 6.07) is 0. The second-order valence-electron chi connectivity index (χ2n) is 3.38. The molecule has 6 heteroatoms. The summed E-state index contributed by atoms with van der Waals surface area (Å²) >= 11 is 1.62. The monoisotopic (exact) mass is 249 g/mol. The molecule has 1 aromatic heterocycles. The van der Waals surface area contributed by atoms with E-state index in [0.717, 1.165) is 6.54 Å². The average molecular weight is 249 g/mol. The molecule has 0 N–H and O–H groups in total. The van der Waals surface area contributed by atoms with Gasteiger partial charge in [-0.3, -0.25) is 0 Å². The quantitative estimate of drug-likeness (QED) is 0.574. The van der Waals surface area contributed by atoms with Gasteiger partial charge in [0, 0.05) is 12.7 Å². The highest BCUT2D eigenvalue weighted by molar-refractivity contribution is 7.85. The van der Waals surface area contributed by atoms with Crippen LogP contribution in [0.4, 0.5) is 0 Å². The van der Waals surface area contributed by atoms with Gasteiger partial charge in [-0.2, -0.15) is 4.57 Å². The van der Waals surface area contributed by atoms with E-state index in [0.29, 0.717) is 12.8 Å². The van der Waals surface area contributed by atoms with Gasteiger partial charge in [-0.05, 0) is 19.8 Å². The minimum atomic E-state index is -4.06. The Balaban J connectivity index is 2.55. The molecule has 0 aliphatic heterocycles. The van der Waals surface area contributed by atoms with Crippen LogP contribution in [-0.2, 0) is 23.1 Å². The summed E-state index contributed by atoms with van der Waals surface area (Å²) < 4.78 is 33.3. The summed E-state index contributed by atoms with van der Waals surface area (Å²) in [7, 11) is -4.06. The van der Waals surface area contributed by atoms with E-state index in [1.807, 2.05) is 12.4 Å². The maximum Gasteiger partial charge on any atom is 0.225 e. The lowest BCUT2D eigenvalue weighted by Crippen LogP contribution is -2.32. The topological polar surface area (TPSA) is 61.1 Å². The number of aryl methyl sites for hydroxylation is 2. The highest BCUT2D eigenvalue weighted by Gasteiger charge is 2.12. The summed E-state index contributed by atoms with van der Waals surface area (Å²) in [6.07, 6.45) is 1.09. The van der Waals surface area contributed by atoms with Crippen molar-refractivity contribution < 1.29 is 17.5 Å². The lowest BCUT2D eigenvalue weighted by molar-refractivity contribution is -0.694. The molecule has 0 aromatic carbocycles. The van der Waals surface area contributed by atoms with Gasteiger partial charge in [0.1, 0.15) is 6.54 Å². The summed E-state index contributed by atoms with van der Waals surface area (Å²) in [5, 5.41) is 0. The third-order valence-corrected chi connectivity index (χ3v) is 4.23. The Bertz CT molecular complexity index is 423. The second kappa shape index (κ2) is 5.05. The first-order valence-corrected chi connectivity index (χ1v) is 7.29. The first-order chi connectivity index (χ1) is 6.94. The Morgan fingerprint density at radius 1 is 1.53 bits per heavy atom. The second-order valence-corrected chi connectivity index (χ2v) is 5.85. The molecule has 0 saturated heterocycles. The molecule has 86 valence electrons. The van der Waals surface area contributed by atoms with Gasteiger partial charge in [0.2, 0.25) is 5.51 Å². The molecule has 0 radical (unpaired) electrons. The molecule has 0 aliphatic carbocycles. The smallest absolute Gasteiger partial charge is 0.225 e. The van der Waals surface area contributed by atoms with Crippen LogP contribution < -0.4 is 4.57 Å². The van der Waals surface area contributed by atoms with Gasteiger partial charge < -0.3 is 4.55 Å². The highest BCUT2D eigenvalue weighted by Crippen LogP contribution is 2.13. The maximum absolute atomic E-state index is 10.4. The predicted octanol–water partition coefficient (Wildman–Crippen LogP) is 0.842. The Morgan fingerprint density at radius 3 is 2.67 bits per heavy atom. The number of nitrogens with zero attached hydrogens (tertiary/aromatic N) is 1. The summed E-state index contributed by atoms with van der Waals surface area (Å²) in [4.78, 5) is 1.17. The van der Waals surface area contributed by atoms with Crippen LogP contribution in [0.1, 0.15) is 23.9 Å². The van der Waals surface area contributed by atoms with Crippen LogP contribution in [0.25, 0.3) is 0 Å². The largest absolute Gasteiger partial charge is 0.748 e. The van der Waals surface area contributed by atoms with Gasteiger partial charge in [0.25, 0.3) is 0 Å². The molecule has 1 heterocycles. The van der Waals surface area contributed by atoms with Gasteiger partial charge in [-0.15, -0.1) is 0 Å². The number of thiazole rings is 1. The molecule has 0 spiro atoms. The minimum Gasteiger partial charge on any atom is -0.748 e. The fourth-order valence-electron chi connectivity index (χ4n) is 1.41. The van der Waals surface area contributed by atoms with Crippen molar-refractivity contribution in [3.8, 4) is 0 Å². The van der Waals surface area contributed by atoms with Crippen molar-refractivity contribution in [3.05, 3.63) is 16.1 Å². The van der Waals surface area contributed by atoms with E-state index in [4.69, 9.17) is 0 Å². The fourth-order valence-corrected chi connectivity index (χ4v) is 3.02. The van der Waals surface area contributed by atoms with E-state index < -0.39 is 10.1 Å². The van der Waals surface area contributed by atoms with Crippen molar-refractivity contribution in [2.45, 2.75) is 33.2 Å². The lowest BCUT2D eigenvalue weighted by atomic mass is 10.2. The van der Waals surface area contributed by atoms with Crippen LogP contribution in [0.5, 0.6) is 0 Å². The van der Waals surface area contributed by atoms with E-state index in [1.165, 1.54) is 10.6 Å². The van der Waals surface area contributed by atoms with Gasteiger partial charge in [0.15, 0.2) is 5.69 Å². The van der Waals surface area contributed by atoms with Crippen LogP contribution in [0.2, 0.25) is 0 Å². The van der Waals surface area contributed by atoms with E-state index >= 15 is 0 Å². The van der Waals surface area contributed by atoms with Crippen LogP contribution in [0.3, 0.4) is 0 Å². The first-order valence-electron chi connectivity index (χ1n) is 4.84. The van der Waals surface area contributed by atoms with Crippen LogP contribution in [0, 0.1) is 6.92 Å². The molecule has 0 aliphatic rings. The first kappa shape index (κ1) is 12.6. The van der Waals surface area contributed by atoms with Crippen LogP contribution in [0.15, 0.2) is 5.51 Å². The Kier molecular flexibility index (Phi) is 4.24. The molecule has 0 fully saturated rings. The molecule has 0 unspecified atom stereocenters. The molecule has 1 rings (SSSR count). The van der Waals surface area contributed by atoms with E-state index in [9.17, 15) is 13.0 Å². The zero-order valence-electron chi connectivity index (χ0n) is 8.89. The number of aromatic nitrogens is 1. The van der Waals surface area contributed by atoms with E-state index in [2.05, 4.69) is 11.5 Å². The third kappa shape index (κ3) is 3.89. The SMILES string of the molecule is CC[n+]1csc(CCCS(=O)(=O)[O-])c1C. The Labute approximate surface area is 94.3 Å². The molecule has 0 atom stereocenters. The van der Waals surface area contributed by atoms with Crippen LogP contribution >= 0.6 is 11.3 Å². The van der Waals surface area contributed by atoms with Gasteiger partial charge in [-0.25, -0.2) is 8.42 Å². The van der Waals surface area contributed by atoms with Gasteiger partial charge >= 0.3 is 0 Å². The van der Waals surface area contributed by atoms with Crippen molar-refractivity contribution in [1.82, 2.24) is 0 Å². The Hall–Kier alpha value is -0.460. The molecule has 4 nitrogen and oxygen atoms in total. The normalized spacial score (nSPS) is 11.9. The van der Waals surface area contributed by atoms with Crippen molar-refractivity contribution in [2.24, 2.45) is 0 Å². The molecular formula is C9H15NO3S2. The van der Waals surface area contributed by atoms with Gasteiger partial charge in [0.05, 0.1) is 15.0 Å². The average Bonchev–Trinajstić information content (AvgIpc) is 2.46.